The Hall–Kier alpha value is -0.940. The van der Waals surface area contributed by atoms with Crippen molar-refractivity contribution in [2.45, 2.75) is 50.8 Å². The van der Waals surface area contributed by atoms with Gasteiger partial charge in [-0.2, -0.15) is 4.98 Å². The van der Waals surface area contributed by atoms with E-state index in [0.29, 0.717) is 18.3 Å². The van der Waals surface area contributed by atoms with Crippen LogP contribution in [0.2, 0.25) is 0 Å². The Kier molecular flexibility index (Phi) is 3.11. The van der Waals surface area contributed by atoms with E-state index in [1.54, 1.807) is 7.11 Å². The molecule has 2 bridgehead atoms. The molecule has 3 heterocycles. The molecule has 0 radical (unpaired) electrons. The van der Waals surface area contributed by atoms with Crippen LogP contribution < -0.4 is 5.32 Å². The molecule has 2 fully saturated rings. The average Bonchev–Trinajstić information content (AvgIpc) is 2.87. The van der Waals surface area contributed by atoms with Gasteiger partial charge < -0.3 is 14.6 Å². The van der Waals surface area contributed by atoms with Gasteiger partial charge in [0, 0.05) is 25.6 Å². The van der Waals surface area contributed by atoms with Crippen LogP contribution in [0.4, 0.5) is 0 Å². The van der Waals surface area contributed by atoms with E-state index in [-0.39, 0.29) is 0 Å². The Morgan fingerprint density at radius 2 is 2.12 bits per heavy atom. The molecule has 0 saturated carbocycles. The number of piperidine rings is 1. The standard InChI is InChI=1S/C12H19N3O2/c1-16-7-11-14-12(17-15-11)6-8-4-9-2-3-10(5-8)13-9/h8-10,13H,2-7H2,1H3. The molecule has 2 saturated heterocycles. The Bertz CT molecular complexity index is 368. The van der Waals surface area contributed by atoms with Crippen molar-refractivity contribution in [1.29, 1.82) is 0 Å². The van der Waals surface area contributed by atoms with E-state index in [1.807, 2.05) is 0 Å². The number of rotatable bonds is 4. The number of ether oxygens (including phenoxy) is 1. The van der Waals surface area contributed by atoms with Gasteiger partial charge in [-0.1, -0.05) is 5.16 Å². The second-order valence-corrected chi connectivity index (χ2v) is 5.22. The highest BCUT2D eigenvalue weighted by atomic mass is 16.5. The van der Waals surface area contributed by atoms with Crippen molar-refractivity contribution < 1.29 is 9.26 Å². The summed E-state index contributed by atoms with van der Waals surface area (Å²) in [6, 6.07) is 1.44. The first-order valence-corrected chi connectivity index (χ1v) is 6.40. The van der Waals surface area contributed by atoms with Gasteiger partial charge in [0.2, 0.25) is 5.89 Å². The normalized spacial score (nSPS) is 31.9. The molecule has 94 valence electrons. The molecule has 0 aromatic carbocycles. The first kappa shape index (κ1) is 11.2. The monoisotopic (exact) mass is 237 g/mol. The zero-order valence-corrected chi connectivity index (χ0v) is 10.2. The summed E-state index contributed by atoms with van der Waals surface area (Å²) in [6.07, 6.45) is 6.09. The van der Waals surface area contributed by atoms with Crippen molar-refractivity contribution in [2.75, 3.05) is 7.11 Å². The molecule has 3 rings (SSSR count). The quantitative estimate of drug-likeness (QED) is 0.855. The fourth-order valence-corrected chi connectivity index (χ4v) is 3.15. The van der Waals surface area contributed by atoms with E-state index >= 15 is 0 Å². The number of aromatic nitrogens is 2. The molecular formula is C12H19N3O2. The molecule has 2 unspecified atom stereocenters. The third-order valence-electron chi connectivity index (χ3n) is 3.82. The summed E-state index contributed by atoms with van der Waals surface area (Å²) in [5, 5.41) is 7.54. The van der Waals surface area contributed by atoms with Crippen molar-refractivity contribution in [3.8, 4) is 0 Å². The van der Waals surface area contributed by atoms with Crippen molar-refractivity contribution in [3.63, 3.8) is 0 Å². The lowest BCUT2D eigenvalue weighted by Crippen LogP contribution is -2.38. The van der Waals surface area contributed by atoms with Crippen LogP contribution in [0.5, 0.6) is 0 Å². The van der Waals surface area contributed by atoms with Crippen LogP contribution in [0.25, 0.3) is 0 Å². The molecule has 1 N–H and O–H groups in total. The van der Waals surface area contributed by atoms with Crippen molar-refractivity contribution in [2.24, 2.45) is 5.92 Å². The van der Waals surface area contributed by atoms with Crippen LogP contribution in [0.15, 0.2) is 4.52 Å². The summed E-state index contributed by atoms with van der Waals surface area (Å²) in [6.45, 7) is 0.432. The topological polar surface area (TPSA) is 60.2 Å². The highest BCUT2D eigenvalue weighted by molar-refractivity contribution is 4.95. The highest BCUT2D eigenvalue weighted by Gasteiger charge is 2.34. The smallest absolute Gasteiger partial charge is 0.227 e. The lowest BCUT2D eigenvalue weighted by atomic mass is 9.90. The Morgan fingerprint density at radius 3 is 2.82 bits per heavy atom. The zero-order valence-electron chi connectivity index (χ0n) is 10.2. The molecule has 17 heavy (non-hydrogen) atoms. The fourth-order valence-electron chi connectivity index (χ4n) is 3.15. The molecule has 0 spiro atoms. The van der Waals surface area contributed by atoms with E-state index < -0.39 is 0 Å². The predicted octanol–water partition coefficient (Wildman–Crippen LogP) is 1.29. The van der Waals surface area contributed by atoms with Crippen molar-refractivity contribution in [3.05, 3.63) is 11.7 Å². The number of methoxy groups -OCH3 is 1. The van der Waals surface area contributed by atoms with E-state index in [4.69, 9.17) is 9.26 Å². The molecule has 2 atom stereocenters. The van der Waals surface area contributed by atoms with Crippen LogP contribution in [0.3, 0.4) is 0 Å². The number of nitrogens with one attached hydrogen (secondary N) is 1. The molecule has 2 aliphatic rings. The summed E-state index contributed by atoms with van der Waals surface area (Å²) >= 11 is 0. The third kappa shape index (κ3) is 2.50. The number of fused-ring (bicyclic) bond motifs is 2. The Balaban J connectivity index is 1.58. The minimum Gasteiger partial charge on any atom is -0.377 e. The van der Waals surface area contributed by atoms with Crippen LogP contribution in [-0.4, -0.2) is 29.3 Å². The largest absolute Gasteiger partial charge is 0.377 e. The second-order valence-electron chi connectivity index (χ2n) is 5.22. The average molecular weight is 237 g/mol. The number of hydrogen-bond acceptors (Lipinski definition) is 5. The van der Waals surface area contributed by atoms with Crippen molar-refractivity contribution in [1.82, 2.24) is 15.5 Å². The summed E-state index contributed by atoms with van der Waals surface area (Å²) in [5.41, 5.74) is 0. The van der Waals surface area contributed by atoms with Crippen LogP contribution in [-0.2, 0) is 17.8 Å². The maximum atomic E-state index is 5.25. The van der Waals surface area contributed by atoms with Gasteiger partial charge >= 0.3 is 0 Å². The molecule has 1 aromatic heterocycles. The molecule has 0 aliphatic carbocycles. The molecule has 0 amide bonds. The molecule has 5 nitrogen and oxygen atoms in total. The van der Waals surface area contributed by atoms with Gasteiger partial charge in [0.15, 0.2) is 5.82 Å². The van der Waals surface area contributed by atoms with Crippen LogP contribution >= 0.6 is 0 Å². The van der Waals surface area contributed by atoms with Crippen molar-refractivity contribution >= 4 is 0 Å². The summed E-state index contributed by atoms with van der Waals surface area (Å²) in [5.74, 6) is 2.12. The van der Waals surface area contributed by atoms with E-state index in [2.05, 4.69) is 15.5 Å². The van der Waals surface area contributed by atoms with Gasteiger partial charge in [-0.05, 0) is 31.6 Å². The van der Waals surface area contributed by atoms with E-state index in [9.17, 15) is 0 Å². The van der Waals surface area contributed by atoms with E-state index in [1.165, 1.54) is 25.7 Å². The lowest BCUT2D eigenvalue weighted by Gasteiger charge is -2.27. The zero-order chi connectivity index (χ0) is 11.7. The fraction of sp³-hybridized carbons (Fsp3) is 0.833. The predicted molar refractivity (Wildman–Crippen MR) is 61.4 cm³/mol. The Labute approximate surface area is 101 Å². The SMILES string of the molecule is COCc1noc(CC2CC3CCC(C2)N3)n1. The van der Waals surface area contributed by atoms with Gasteiger partial charge in [-0.15, -0.1) is 0 Å². The Morgan fingerprint density at radius 1 is 1.35 bits per heavy atom. The highest BCUT2D eigenvalue weighted by Crippen LogP contribution is 2.32. The van der Waals surface area contributed by atoms with Crippen LogP contribution in [0.1, 0.15) is 37.4 Å². The maximum absolute atomic E-state index is 5.25. The first-order valence-electron chi connectivity index (χ1n) is 6.40. The molecule has 2 aliphatic heterocycles. The minimum atomic E-state index is 0.432. The molecule has 5 heteroatoms. The van der Waals surface area contributed by atoms with Gasteiger partial charge in [0.25, 0.3) is 0 Å². The van der Waals surface area contributed by atoms with Gasteiger partial charge in [0.05, 0.1) is 0 Å². The summed E-state index contributed by atoms with van der Waals surface area (Å²) in [7, 11) is 1.64. The molecule has 1 aromatic rings. The van der Waals surface area contributed by atoms with Gasteiger partial charge in [-0.25, -0.2) is 0 Å². The number of hydrogen-bond donors (Lipinski definition) is 1. The minimum absolute atomic E-state index is 0.432. The summed E-state index contributed by atoms with van der Waals surface area (Å²) < 4.78 is 10.2. The second kappa shape index (κ2) is 4.74. The maximum Gasteiger partial charge on any atom is 0.227 e. The summed E-state index contributed by atoms with van der Waals surface area (Å²) in [4.78, 5) is 4.34. The first-order chi connectivity index (χ1) is 8.33. The third-order valence-corrected chi connectivity index (χ3v) is 3.82. The number of nitrogens with zero attached hydrogens (tertiary/aromatic N) is 2. The lowest BCUT2D eigenvalue weighted by molar-refractivity contribution is 0.174. The van der Waals surface area contributed by atoms with Crippen LogP contribution in [0, 0.1) is 5.92 Å². The van der Waals surface area contributed by atoms with Gasteiger partial charge in [-0.3, -0.25) is 0 Å². The van der Waals surface area contributed by atoms with Gasteiger partial charge in [0.1, 0.15) is 6.61 Å². The van der Waals surface area contributed by atoms with E-state index in [0.717, 1.165) is 24.4 Å². The molecular weight excluding hydrogens is 218 g/mol.